The number of hydrogen-bond donors (Lipinski definition) is 0. The van der Waals surface area contributed by atoms with Gasteiger partial charge in [-0.1, -0.05) is 13.8 Å². The molecule has 1 heterocycles. The molecule has 84 valence electrons. The van der Waals surface area contributed by atoms with Gasteiger partial charge in [0.2, 0.25) is 5.91 Å². The van der Waals surface area contributed by atoms with E-state index in [0.29, 0.717) is 17.3 Å². The van der Waals surface area contributed by atoms with E-state index < -0.39 is 0 Å². The van der Waals surface area contributed by atoms with Gasteiger partial charge in [-0.3, -0.25) is 9.59 Å². The number of amides is 1. The van der Waals surface area contributed by atoms with Crippen LogP contribution in [0.2, 0.25) is 0 Å². The molecule has 3 heteroatoms. The number of nitrogens with zero attached hydrogens (tertiary/aromatic N) is 1. The first-order valence-corrected chi connectivity index (χ1v) is 5.62. The van der Waals surface area contributed by atoms with Crippen molar-refractivity contribution >= 4 is 11.7 Å². The predicted molar refractivity (Wildman–Crippen MR) is 57.2 cm³/mol. The maximum atomic E-state index is 11.6. The number of hydrogen-bond acceptors (Lipinski definition) is 2. The first kappa shape index (κ1) is 10.7. The summed E-state index contributed by atoms with van der Waals surface area (Å²) < 4.78 is 0. The molecule has 0 N–H and O–H groups in total. The first-order chi connectivity index (χ1) is 6.84. The van der Waals surface area contributed by atoms with Crippen LogP contribution in [0.4, 0.5) is 0 Å². The highest BCUT2D eigenvalue weighted by molar-refractivity contribution is 5.88. The Morgan fingerprint density at radius 2 is 1.87 bits per heavy atom. The third-order valence-corrected chi connectivity index (χ3v) is 4.24. The van der Waals surface area contributed by atoms with E-state index in [1.165, 1.54) is 0 Å². The largest absolute Gasteiger partial charge is 0.332 e. The first-order valence-electron chi connectivity index (χ1n) is 5.62. The van der Waals surface area contributed by atoms with Crippen LogP contribution in [0.5, 0.6) is 0 Å². The van der Waals surface area contributed by atoms with E-state index in [1.54, 1.807) is 18.7 Å². The standard InChI is InChI=1S/C12H19NO2/c1-7(14)11-9-5-12(3,4)10(9)6-13(11)8(2)15/h9-11H,5-6H2,1-4H3/t9-,10-,11+/m0/s1. The molecule has 2 aliphatic rings. The maximum absolute atomic E-state index is 11.6. The Morgan fingerprint density at radius 3 is 2.27 bits per heavy atom. The van der Waals surface area contributed by atoms with E-state index in [1.807, 2.05) is 0 Å². The number of Topliss-reactive ketones (excluding diaryl/α,β-unsaturated/α-hetero) is 1. The van der Waals surface area contributed by atoms with E-state index in [4.69, 9.17) is 0 Å². The summed E-state index contributed by atoms with van der Waals surface area (Å²) in [5.41, 5.74) is 0.308. The van der Waals surface area contributed by atoms with Crippen LogP contribution < -0.4 is 0 Å². The SMILES string of the molecule is CC(=O)[C@@H]1[C@H]2CC(C)(C)[C@H]2CN1C(C)=O. The summed E-state index contributed by atoms with van der Waals surface area (Å²) in [5.74, 6) is 1.13. The number of fused-ring (bicyclic) bond motifs is 1. The molecule has 0 aromatic carbocycles. The lowest BCUT2D eigenvalue weighted by Gasteiger charge is -2.48. The van der Waals surface area contributed by atoms with Gasteiger partial charge < -0.3 is 4.90 Å². The Kier molecular flexibility index (Phi) is 2.18. The topological polar surface area (TPSA) is 37.4 Å². The lowest BCUT2D eigenvalue weighted by atomic mass is 9.55. The quantitative estimate of drug-likeness (QED) is 0.655. The summed E-state index contributed by atoms with van der Waals surface area (Å²) in [6.45, 7) is 8.41. The monoisotopic (exact) mass is 209 g/mol. The van der Waals surface area contributed by atoms with Crippen molar-refractivity contribution in [2.45, 2.75) is 40.2 Å². The molecule has 2 rings (SSSR count). The highest BCUT2D eigenvalue weighted by Gasteiger charge is 2.58. The van der Waals surface area contributed by atoms with Crippen LogP contribution >= 0.6 is 0 Å². The summed E-state index contributed by atoms with van der Waals surface area (Å²) >= 11 is 0. The second-order valence-electron chi connectivity index (χ2n) is 5.69. The second-order valence-corrected chi connectivity index (χ2v) is 5.69. The van der Waals surface area contributed by atoms with Gasteiger partial charge in [-0.05, 0) is 30.6 Å². The zero-order chi connectivity index (χ0) is 11.4. The highest BCUT2D eigenvalue weighted by atomic mass is 16.2. The minimum Gasteiger partial charge on any atom is -0.332 e. The van der Waals surface area contributed by atoms with Gasteiger partial charge in [0.15, 0.2) is 5.78 Å². The normalized spacial score (nSPS) is 37.1. The van der Waals surface area contributed by atoms with Gasteiger partial charge >= 0.3 is 0 Å². The molecule has 1 aliphatic carbocycles. The van der Waals surface area contributed by atoms with Crippen molar-refractivity contribution in [1.29, 1.82) is 0 Å². The van der Waals surface area contributed by atoms with Crippen LogP contribution in [0.3, 0.4) is 0 Å². The number of rotatable bonds is 1. The maximum Gasteiger partial charge on any atom is 0.220 e. The summed E-state index contributed by atoms with van der Waals surface area (Å²) in [5, 5.41) is 0. The van der Waals surface area contributed by atoms with Crippen molar-refractivity contribution in [2.24, 2.45) is 17.3 Å². The Labute approximate surface area is 90.8 Å². The lowest BCUT2D eigenvalue weighted by Crippen LogP contribution is -2.47. The van der Waals surface area contributed by atoms with Crippen molar-refractivity contribution in [3.05, 3.63) is 0 Å². The van der Waals surface area contributed by atoms with Gasteiger partial charge in [-0.2, -0.15) is 0 Å². The van der Waals surface area contributed by atoms with E-state index in [-0.39, 0.29) is 17.7 Å². The molecule has 3 nitrogen and oxygen atoms in total. The minimum absolute atomic E-state index is 0.0420. The minimum atomic E-state index is -0.138. The molecule has 0 bridgehead atoms. The molecule has 1 saturated heterocycles. The van der Waals surface area contributed by atoms with E-state index in [9.17, 15) is 9.59 Å². The predicted octanol–water partition coefficient (Wildman–Crippen LogP) is 1.47. The van der Waals surface area contributed by atoms with E-state index in [2.05, 4.69) is 13.8 Å². The number of ketones is 1. The van der Waals surface area contributed by atoms with Gasteiger partial charge in [0, 0.05) is 13.5 Å². The van der Waals surface area contributed by atoms with Gasteiger partial charge in [0.05, 0.1) is 6.04 Å². The van der Waals surface area contributed by atoms with Crippen LogP contribution in [0.25, 0.3) is 0 Å². The van der Waals surface area contributed by atoms with E-state index >= 15 is 0 Å². The molecule has 3 atom stereocenters. The third kappa shape index (κ3) is 1.40. The average Bonchev–Trinajstić information content (AvgIpc) is 2.39. The van der Waals surface area contributed by atoms with Crippen molar-refractivity contribution in [3.63, 3.8) is 0 Å². The molecule has 15 heavy (non-hydrogen) atoms. The molecule has 0 spiro atoms. The highest BCUT2D eigenvalue weighted by Crippen LogP contribution is 2.56. The number of carbonyl (C=O) groups is 2. The van der Waals surface area contributed by atoms with Crippen LogP contribution in [-0.2, 0) is 9.59 Å². The molecule has 1 saturated carbocycles. The third-order valence-electron chi connectivity index (χ3n) is 4.24. The summed E-state index contributed by atoms with van der Waals surface area (Å²) in [6, 6.07) is -0.138. The molecule has 0 unspecified atom stereocenters. The van der Waals surface area contributed by atoms with Gasteiger partial charge in [-0.15, -0.1) is 0 Å². The Bertz CT molecular complexity index is 322. The molecular weight excluding hydrogens is 190 g/mol. The van der Waals surface area contributed by atoms with Crippen molar-refractivity contribution in [1.82, 2.24) is 4.90 Å². The van der Waals surface area contributed by atoms with E-state index in [0.717, 1.165) is 13.0 Å². The Morgan fingerprint density at radius 1 is 1.27 bits per heavy atom. The fourth-order valence-electron chi connectivity index (χ4n) is 3.44. The molecule has 0 radical (unpaired) electrons. The summed E-state index contributed by atoms with van der Waals surface area (Å²) in [6.07, 6.45) is 1.08. The van der Waals surface area contributed by atoms with Crippen molar-refractivity contribution in [3.8, 4) is 0 Å². The second kappa shape index (κ2) is 3.06. The molecule has 1 aliphatic heterocycles. The van der Waals surface area contributed by atoms with Gasteiger partial charge in [0.1, 0.15) is 0 Å². The van der Waals surface area contributed by atoms with Crippen LogP contribution in [0.15, 0.2) is 0 Å². The summed E-state index contributed by atoms with van der Waals surface area (Å²) in [7, 11) is 0. The number of likely N-dealkylation sites (tertiary alicyclic amines) is 1. The molecular formula is C12H19NO2. The smallest absolute Gasteiger partial charge is 0.220 e. The van der Waals surface area contributed by atoms with Gasteiger partial charge in [-0.25, -0.2) is 0 Å². The van der Waals surface area contributed by atoms with Crippen molar-refractivity contribution in [2.75, 3.05) is 6.54 Å². The fourth-order valence-corrected chi connectivity index (χ4v) is 3.44. The molecule has 0 aromatic heterocycles. The molecule has 1 amide bonds. The van der Waals surface area contributed by atoms with Crippen LogP contribution in [0.1, 0.15) is 34.1 Å². The summed E-state index contributed by atoms with van der Waals surface area (Å²) in [4.78, 5) is 24.8. The Balaban J connectivity index is 2.23. The van der Waals surface area contributed by atoms with Crippen LogP contribution in [0, 0.1) is 17.3 Å². The zero-order valence-electron chi connectivity index (χ0n) is 9.91. The lowest BCUT2D eigenvalue weighted by molar-refractivity contribution is -0.136. The number of carbonyl (C=O) groups excluding carboxylic acids is 2. The zero-order valence-corrected chi connectivity index (χ0v) is 9.91. The van der Waals surface area contributed by atoms with Gasteiger partial charge in [0.25, 0.3) is 0 Å². The fraction of sp³-hybridized carbons (Fsp3) is 0.833. The Hall–Kier alpha value is -0.860. The average molecular weight is 209 g/mol. The molecule has 2 fully saturated rings. The molecule has 0 aromatic rings. The van der Waals surface area contributed by atoms with Crippen LogP contribution in [-0.4, -0.2) is 29.2 Å². The van der Waals surface area contributed by atoms with Crippen molar-refractivity contribution < 1.29 is 9.59 Å².